The second-order valence-electron chi connectivity index (χ2n) is 5.69. The Morgan fingerprint density at radius 3 is 2.69 bits per heavy atom. The molecule has 0 N–H and O–H groups in total. The number of methoxy groups -OCH3 is 2. The summed E-state index contributed by atoms with van der Waals surface area (Å²) in [4.78, 5) is 11.1. The van der Waals surface area contributed by atoms with Gasteiger partial charge in [-0.1, -0.05) is 0 Å². The zero-order chi connectivity index (χ0) is 18.6. The lowest BCUT2D eigenvalue weighted by Crippen LogP contribution is -2.23. The van der Waals surface area contributed by atoms with Crippen LogP contribution >= 0.6 is 0 Å². The molecule has 0 spiro atoms. The van der Waals surface area contributed by atoms with E-state index in [4.69, 9.17) is 28.4 Å². The van der Waals surface area contributed by atoms with Crippen molar-refractivity contribution in [3.63, 3.8) is 0 Å². The lowest BCUT2D eigenvalue weighted by Gasteiger charge is -2.23. The fraction of sp³-hybridized carbons (Fsp3) is 0.526. The minimum Gasteiger partial charge on any atom is -0.468 e. The second-order valence-corrected chi connectivity index (χ2v) is 5.69. The molecule has 0 amide bonds. The average molecular weight is 366 g/mol. The summed E-state index contributed by atoms with van der Waals surface area (Å²) in [7, 11) is 3.09. The number of carbonyl (C=O) groups excluding carboxylic acids is 1. The van der Waals surface area contributed by atoms with Gasteiger partial charge in [-0.2, -0.15) is 0 Å². The van der Waals surface area contributed by atoms with Crippen molar-refractivity contribution in [1.29, 1.82) is 0 Å². The van der Waals surface area contributed by atoms with Crippen molar-refractivity contribution in [2.24, 2.45) is 0 Å². The van der Waals surface area contributed by atoms with Gasteiger partial charge < -0.3 is 28.4 Å². The smallest absolute Gasteiger partial charge is 0.188 e. The zero-order valence-electron chi connectivity index (χ0n) is 15.3. The number of hydrogen-bond acceptors (Lipinski definition) is 7. The highest BCUT2D eigenvalue weighted by molar-refractivity contribution is 5.84. The second kappa shape index (κ2) is 11.6. The SMILES string of the molecule is COCOc1ccc(OCOC)c(/C(=C/C=O)COC2CCCCO2)c1. The van der Waals surface area contributed by atoms with Crippen LogP contribution in [0, 0.1) is 0 Å². The van der Waals surface area contributed by atoms with Gasteiger partial charge in [-0.3, -0.25) is 4.79 Å². The molecule has 1 aliphatic rings. The van der Waals surface area contributed by atoms with Gasteiger partial charge in [0.15, 0.2) is 19.9 Å². The topological polar surface area (TPSA) is 72.5 Å². The van der Waals surface area contributed by atoms with Crippen LogP contribution < -0.4 is 9.47 Å². The standard InChI is InChI=1S/C19H26O7/c1-21-13-25-16-6-7-18(26-14-22-2)17(11-16)15(8-9-20)12-24-19-5-3-4-10-23-19/h6-9,11,19H,3-5,10,12-14H2,1-2H3/b15-8+. The molecule has 1 saturated heterocycles. The molecule has 1 fully saturated rings. The normalized spacial score (nSPS) is 17.8. The largest absolute Gasteiger partial charge is 0.468 e. The molecular weight excluding hydrogens is 340 g/mol. The van der Waals surface area contributed by atoms with E-state index in [1.807, 2.05) is 0 Å². The van der Waals surface area contributed by atoms with Crippen molar-refractivity contribution in [1.82, 2.24) is 0 Å². The minimum atomic E-state index is -0.255. The highest BCUT2D eigenvalue weighted by atomic mass is 16.7. The van der Waals surface area contributed by atoms with Gasteiger partial charge in [0.1, 0.15) is 17.8 Å². The molecule has 7 nitrogen and oxygen atoms in total. The maximum Gasteiger partial charge on any atom is 0.188 e. The molecule has 1 aliphatic heterocycles. The predicted molar refractivity (Wildman–Crippen MR) is 95.0 cm³/mol. The Morgan fingerprint density at radius 1 is 1.19 bits per heavy atom. The van der Waals surface area contributed by atoms with E-state index in [-0.39, 0.29) is 26.5 Å². The first-order valence-electron chi connectivity index (χ1n) is 8.54. The van der Waals surface area contributed by atoms with Gasteiger partial charge in [-0.15, -0.1) is 0 Å². The molecule has 1 aromatic rings. The summed E-state index contributed by atoms with van der Waals surface area (Å²) >= 11 is 0. The Balaban J connectivity index is 2.18. The van der Waals surface area contributed by atoms with E-state index in [2.05, 4.69) is 0 Å². The molecule has 1 aromatic carbocycles. The van der Waals surface area contributed by atoms with Gasteiger partial charge >= 0.3 is 0 Å². The lowest BCUT2D eigenvalue weighted by molar-refractivity contribution is -0.154. The fourth-order valence-corrected chi connectivity index (χ4v) is 2.55. The van der Waals surface area contributed by atoms with Crippen LogP contribution in [0.25, 0.3) is 5.57 Å². The minimum absolute atomic E-state index is 0.0895. The van der Waals surface area contributed by atoms with Crippen LogP contribution in [0.4, 0.5) is 0 Å². The summed E-state index contributed by atoms with van der Waals surface area (Å²) in [6, 6.07) is 5.30. The Bertz CT molecular complexity index is 579. The maximum absolute atomic E-state index is 11.1. The van der Waals surface area contributed by atoms with Crippen LogP contribution in [0.1, 0.15) is 24.8 Å². The van der Waals surface area contributed by atoms with Gasteiger partial charge in [0.25, 0.3) is 0 Å². The van der Waals surface area contributed by atoms with Crippen molar-refractivity contribution in [3.05, 3.63) is 29.8 Å². The Hall–Kier alpha value is -1.93. The molecular formula is C19H26O7. The molecule has 0 bridgehead atoms. The molecule has 1 heterocycles. The quantitative estimate of drug-likeness (QED) is 0.339. The first kappa shape index (κ1) is 20.4. The molecule has 0 aliphatic carbocycles. The van der Waals surface area contributed by atoms with E-state index < -0.39 is 0 Å². The van der Waals surface area contributed by atoms with E-state index in [1.54, 1.807) is 32.4 Å². The highest BCUT2D eigenvalue weighted by Crippen LogP contribution is 2.31. The van der Waals surface area contributed by atoms with Gasteiger partial charge in [0.05, 0.1) is 6.61 Å². The third-order valence-electron chi connectivity index (χ3n) is 3.80. The molecule has 0 saturated carbocycles. The molecule has 1 unspecified atom stereocenters. The number of hydrogen-bond donors (Lipinski definition) is 0. The predicted octanol–water partition coefficient (Wildman–Crippen LogP) is 2.78. The first-order valence-corrected chi connectivity index (χ1v) is 8.54. The first-order chi connectivity index (χ1) is 12.8. The summed E-state index contributed by atoms with van der Waals surface area (Å²) in [6.07, 6.45) is 4.89. The van der Waals surface area contributed by atoms with Crippen molar-refractivity contribution in [2.45, 2.75) is 25.6 Å². The highest BCUT2D eigenvalue weighted by Gasteiger charge is 2.17. The van der Waals surface area contributed by atoms with E-state index in [1.165, 1.54) is 6.08 Å². The van der Waals surface area contributed by atoms with Crippen LogP contribution in [0.15, 0.2) is 24.3 Å². The van der Waals surface area contributed by atoms with Crippen LogP contribution in [0.2, 0.25) is 0 Å². The van der Waals surface area contributed by atoms with Gasteiger partial charge in [0.2, 0.25) is 0 Å². The molecule has 2 rings (SSSR count). The molecule has 144 valence electrons. The van der Waals surface area contributed by atoms with Crippen LogP contribution in [-0.4, -0.2) is 53.6 Å². The average Bonchev–Trinajstić information content (AvgIpc) is 2.69. The monoisotopic (exact) mass is 366 g/mol. The Morgan fingerprint density at radius 2 is 2.00 bits per heavy atom. The van der Waals surface area contributed by atoms with E-state index in [9.17, 15) is 4.79 Å². The molecule has 7 heteroatoms. The van der Waals surface area contributed by atoms with Crippen LogP contribution in [-0.2, 0) is 23.7 Å². The van der Waals surface area contributed by atoms with Crippen molar-refractivity contribution < 1.29 is 33.2 Å². The van der Waals surface area contributed by atoms with Crippen molar-refractivity contribution in [3.8, 4) is 11.5 Å². The van der Waals surface area contributed by atoms with Crippen LogP contribution in [0.5, 0.6) is 11.5 Å². The van der Waals surface area contributed by atoms with Gasteiger partial charge in [-0.25, -0.2) is 0 Å². The van der Waals surface area contributed by atoms with E-state index >= 15 is 0 Å². The molecule has 1 atom stereocenters. The number of carbonyl (C=O) groups is 1. The summed E-state index contributed by atoms with van der Waals surface area (Å²) in [5, 5.41) is 0. The van der Waals surface area contributed by atoms with Gasteiger partial charge in [-0.05, 0) is 49.1 Å². The number of benzene rings is 1. The van der Waals surface area contributed by atoms with E-state index in [0.717, 1.165) is 25.5 Å². The van der Waals surface area contributed by atoms with E-state index in [0.29, 0.717) is 29.2 Å². The van der Waals surface area contributed by atoms with Crippen molar-refractivity contribution in [2.75, 3.05) is 41.0 Å². The van der Waals surface area contributed by atoms with Crippen LogP contribution in [0.3, 0.4) is 0 Å². The number of aldehydes is 1. The Labute approximate surface area is 153 Å². The third-order valence-corrected chi connectivity index (χ3v) is 3.80. The van der Waals surface area contributed by atoms with Crippen molar-refractivity contribution >= 4 is 11.9 Å². The fourth-order valence-electron chi connectivity index (χ4n) is 2.55. The third kappa shape index (κ3) is 6.42. The summed E-state index contributed by atoms with van der Waals surface area (Å²) in [5.41, 5.74) is 1.36. The number of ether oxygens (including phenoxy) is 6. The zero-order valence-corrected chi connectivity index (χ0v) is 15.3. The Kier molecular flexibility index (Phi) is 9.13. The summed E-state index contributed by atoms with van der Waals surface area (Å²) < 4.78 is 32.4. The number of allylic oxidation sites excluding steroid dienone is 1. The lowest BCUT2D eigenvalue weighted by atomic mass is 10.0. The summed E-state index contributed by atoms with van der Waals surface area (Å²) in [6.45, 7) is 1.13. The maximum atomic E-state index is 11.1. The summed E-state index contributed by atoms with van der Waals surface area (Å²) in [5.74, 6) is 1.16. The molecule has 26 heavy (non-hydrogen) atoms. The molecule has 0 radical (unpaired) electrons. The molecule has 0 aromatic heterocycles. The number of rotatable bonds is 11. The van der Waals surface area contributed by atoms with Gasteiger partial charge in [0, 0.05) is 26.4 Å².